The van der Waals surface area contributed by atoms with Crippen molar-refractivity contribution in [2.75, 3.05) is 39.8 Å². The van der Waals surface area contributed by atoms with E-state index in [2.05, 4.69) is 18.0 Å². The quantitative estimate of drug-likeness (QED) is 0.434. The van der Waals surface area contributed by atoms with Gasteiger partial charge in [-0.25, -0.2) is 4.39 Å². The van der Waals surface area contributed by atoms with Gasteiger partial charge in [-0.1, -0.05) is 31.0 Å². The van der Waals surface area contributed by atoms with E-state index in [4.69, 9.17) is 9.15 Å². The predicted molar refractivity (Wildman–Crippen MR) is 149 cm³/mol. The van der Waals surface area contributed by atoms with Gasteiger partial charge >= 0.3 is 0 Å². The molecule has 40 heavy (non-hydrogen) atoms. The molecule has 1 aromatic heterocycles. The van der Waals surface area contributed by atoms with Crippen LogP contribution in [0.4, 0.5) is 4.39 Å². The largest absolute Gasteiger partial charge is 0.486 e. The first kappa shape index (κ1) is 26.6. The summed E-state index contributed by atoms with van der Waals surface area (Å²) in [6.45, 7) is 3.90. The van der Waals surface area contributed by atoms with Gasteiger partial charge in [-0.05, 0) is 79.4 Å². The molecule has 2 aliphatic heterocycles. The van der Waals surface area contributed by atoms with Gasteiger partial charge in [0.1, 0.15) is 23.9 Å². The third-order valence-electron chi connectivity index (χ3n) is 8.56. The van der Waals surface area contributed by atoms with Crippen LogP contribution in [-0.2, 0) is 17.8 Å². The van der Waals surface area contributed by atoms with Crippen LogP contribution in [0, 0.1) is 11.7 Å². The molecule has 6 rings (SSSR count). The summed E-state index contributed by atoms with van der Waals surface area (Å²) in [4.78, 5) is 32.5. The Morgan fingerprint density at radius 3 is 2.45 bits per heavy atom. The molecule has 1 saturated heterocycles. The Morgan fingerprint density at radius 1 is 0.950 bits per heavy atom. The van der Waals surface area contributed by atoms with Crippen LogP contribution in [0.1, 0.15) is 64.7 Å². The topological polar surface area (TPSA) is 66.2 Å². The number of nitrogens with zero attached hydrogens (tertiary/aromatic N) is 3. The van der Waals surface area contributed by atoms with Crippen LogP contribution in [0.3, 0.4) is 0 Å². The maximum absolute atomic E-state index is 13.8. The molecule has 0 radical (unpaired) electrons. The van der Waals surface area contributed by atoms with E-state index in [0.717, 1.165) is 61.9 Å². The van der Waals surface area contributed by atoms with Gasteiger partial charge in [0.2, 0.25) is 5.91 Å². The van der Waals surface area contributed by atoms with Gasteiger partial charge in [0.25, 0.3) is 5.91 Å². The highest BCUT2D eigenvalue weighted by Gasteiger charge is 2.36. The molecular formula is C32H36FN3O4. The summed E-state index contributed by atoms with van der Waals surface area (Å²) >= 11 is 0. The molecule has 0 N–H and O–H groups in total. The van der Waals surface area contributed by atoms with Crippen LogP contribution in [-0.4, -0.2) is 66.3 Å². The van der Waals surface area contributed by atoms with E-state index in [0.29, 0.717) is 36.9 Å². The summed E-state index contributed by atoms with van der Waals surface area (Å²) in [6, 6.07) is 15.7. The second kappa shape index (κ2) is 11.5. The molecule has 3 heterocycles. The lowest BCUT2D eigenvalue weighted by molar-refractivity contribution is -0.137. The van der Waals surface area contributed by atoms with E-state index in [1.807, 2.05) is 21.9 Å². The van der Waals surface area contributed by atoms with Gasteiger partial charge in [-0.2, -0.15) is 0 Å². The summed E-state index contributed by atoms with van der Waals surface area (Å²) in [6.07, 6.45) is 4.82. The van der Waals surface area contributed by atoms with Crippen molar-refractivity contribution >= 4 is 11.8 Å². The van der Waals surface area contributed by atoms with Gasteiger partial charge in [0.05, 0.1) is 6.04 Å². The van der Waals surface area contributed by atoms with Crippen LogP contribution < -0.4 is 4.74 Å². The number of ether oxygens (including phenoxy) is 1. The maximum atomic E-state index is 13.8. The van der Waals surface area contributed by atoms with Crippen molar-refractivity contribution in [3.05, 3.63) is 88.6 Å². The van der Waals surface area contributed by atoms with Gasteiger partial charge in [0.15, 0.2) is 5.76 Å². The molecule has 2 amide bonds. The highest BCUT2D eigenvalue weighted by Crippen LogP contribution is 2.40. The van der Waals surface area contributed by atoms with Crippen molar-refractivity contribution in [1.82, 2.24) is 14.7 Å². The number of likely N-dealkylation sites (N-methyl/N-ethyl adjacent to an activating group) is 1. The maximum Gasteiger partial charge on any atom is 0.289 e. The Balaban J connectivity index is 1.20. The Bertz CT molecular complexity index is 1360. The standard InChI is InChI=1S/C32H36FN3O4/c1-34-16-18-35(19-17-34)32(38)29-13-12-27(40-29)21-39-26-11-8-22-14-15-36(31(37)24-4-2-3-5-24)30(28(22)20-26)23-6-9-25(33)10-7-23/h6-13,20,24,30H,2-5,14-19,21H2,1H3. The molecule has 7 nitrogen and oxygen atoms in total. The molecule has 1 unspecified atom stereocenters. The summed E-state index contributed by atoms with van der Waals surface area (Å²) in [7, 11) is 2.05. The lowest BCUT2D eigenvalue weighted by atomic mass is 9.87. The van der Waals surface area contributed by atoms with E-state index in [9.17, 15) is 14.0 Å². The van der Waals surface area contributed by atoms with E-state index in [1.165, 1.54) is 12.1 Å². The Labute approximate surface area is 234 Å². The fourth-order valence-corrected chi connectivity index (χ4v) is 6.22. The van der Waals surface area contributed by atoms with Crippen molar-refractivity contribution in [3.63, 3.8) is 0 Å². The number of furan rings is 1. The normalized spacial score (nSPS) is 20.0. The minimum atomic E-state index is -0.297. The second-order valence-corrected chi connectivity index (χ2v) is 11.2. The zero-order valence-corrected chi connectivity index (χ0v) is 23.0. The molecule has 2 fully saturated rings. The molecule has 3 aromatic rings. The predicted octanol–water partition coefficient (Wildman–Crippen LogP) is 5.05. The lowest BCUT2D eigenvalue weighted by Gasteiger charge is -2.39. The molecule has 8 heteroatoms. The number of benzene rings is 2. The van der Waals surface area contributed by atoms with Crippen LogP contribution in [0.25, 0.3) is 0 Å². The number of hydrogen-bond donors (Lipinski definition) is 0. The number of amides is 2. The molecule has 210 valence electrons. The van der Waals surface area contributed by atoms with E-state index >= 15 is 0 Å². The summed E-state index contributed by atoms with van der Waals surface area (Å²) in [5.41, 5.74) is 3.06. The van der Waals surface area contributed by atoms with Gasteiger partial charge < -0.3 is 23.9 Å². The van der Waals surface area contributed by atoms with E-state index in [-0.39, 0.29) is 36.2 Å². The Kier molecular flexibility index (Phi) is 7.61. The van der Waals surface area contributed by atoms with Gasteiger partial charge in [-0.15, -0.1) is 0 Å². The SMILES string of the molecule is CN1CCN(C(=O)c2ccc(COc3ccc4c(c3)C(c3ccc(F)cc3)N(C(=O)C3CCCC3)CC4)o2)CC1. The molecule has 0 bridgehead atoms. The smallest absolute Gasteiger partial charge is 0.289 e. The lowest BCUT2D eigenvalue weighted by Crippen LogP contribution is -2.47. The number of carbonyl (C=O) groups is 2. The number of piperazine rings is 1. The number of fused-ring (bicyclic) bond motifs is 1. The molecule has 1 saturated carbocycles. The second-order valence-electron chi connectivity index (χ2n) is 11.2. The van der Waals surface area contributed by atoms with Crippen molar-refractivity contribution in [3.8, 4) is 5.75 Å². The zero-order chi connectivity index (χ0) is 27.6. The van der Waals surface area contributed by atoms with Gasteiger partial charge in [0, 0.05) is 38.6 Å². The first-order valence-corrected chi connectivity index (χ1v) is 14.3. The van der Waals surface area contributed by atoms with Crippen molar-refractivity contribution in [2.24, 2.45) is 5.92 Å². The Hall–Kier alpha value is -3.65. The third kappa shape index (κ3) is 5.50. The van der Waals surface area contributed by atoms with Crippen LogP contribution in [0.2, 0.25) is 0 Å². The van der Waals surface area contributed by atoms with Gasteiger partial charge in [-0.3, -0.25) is 9.59 Å². The monoisotopic (exact) mass is 545 g/mol. The zero-order valence-electron chi connectivity index (χ0n) is 23.0. The molecule has 0 spiro atoms. The number of carbonyl (C=O) groups excluding carboxylic acids is 2. The van der Waals surface area contributed by atoms with E-state index < -0.39 is 0 Å². The van der Waals surface area contributed by atoms with Crippen molar-refractivity contribution < 1.29 is 23.1 Å². The minimum absolute atomic E-state index is 0.0608. The average molecular weight is 546 g/mol. The van der Waals surface area contributed by atoms with Crippen molar-refractivity contribution in [1.29, 1.82) is 0 Å². The third-order valence-corrected chi connectivity index (χ3v) is 8.56. The Morgan fingerprint density at radius 2 is 1.70 bits per heavy atom. The highest BCUT2D eigenvalue weighted by atomic mass is 19.1. The molecular weight excluding hydrogens is 509 g/mol. The minimum Gasteiger partial charge on any atom is -0.486 e. The number of rotatable bonds is 6. The molecule has 1 atom stereocenters. The van der Waals surface area contributed by atoms with E-state index in [1.54, 1.807) is 24.3 Å². The molecule has 3 aliphatic rings. The number of hydrogen-bond acceptors (Lipinski definition) is 5. The fourth-order valence-electron chi connectivity index (χ4n) is 6.22. The average Bonchev–Trinajstić information content (AvgIpc) is 3.69. The van der Waals surface area contributed by atoms with Crippen molar-refractivity contribution in [2.45, 2.75) is 44.8 Å². The molecule has 2 aromatic carbocycles. The first-order chi connectivity index (χ1) is 19.5. The first-order valence-electron chi connectivity index (χ1n) is 14.3. The summed E-state index contributed by atoms with van der Waals surface area (Å²) in [5, 5.41) is 0. The van der Waals surface area contributed by atoms with Crippen LogP contribution in [0.5, 0.6) is 5.75 Å². The fraction of sp³-hybridized carbons (Fsp3) is 0.438. The summed E-state index contributed by atoms with van der Waals surface area (Å²) < 4.78 is 25.8. The van der Waals surface area contributed by atoms with Crippen LogP contribution in [0.15, 0.2) is 59.0 Å². The number of halogens is 1. The van der Waals surface area contributed by atoms with Crippen LogP contribution >= 0.6 is 0 Å². The molecule has 1 aliphatic carbocycles. The summed E-state index contributed by atoms with van der Waals surface area (Å²) in [5.74, 6) is 1.41. The highest BCUT2D eigenvalue weighted by molar-refractivity contribution is 5.91.